The van der Waals surface area contributed by atoms with Gasteiger partial charge in [-0.15, -0.1) is 0 Å². The number of ether oxygens (including phenoxy) is 2. The second-order valence-corrected chi connectivity index (χ2v) is 13.0. The molecule has 4 aliphatic rings. The van der Waals surface area contributed by atoms with Crippen LogP contribution >= 0.6 is 11.6 Å². The van der Waals surface area contributed by atoms with Crippen LogP contribution in [0.2, 0.25) is 5.02 Å². The van der Waals surface area contributed by atoms with Crippen LogP contribution in [-0.4, -0.2) is 54.6 Å². The molecule has 5 atom stereocenters. The van der Waals surface area contributed by atoms with E-state index in [4.69, 9.17) is 21.1 Å². The first-order chi connectivity index (χ1) is 20.3. The minimum atomic E-state index is -0.961. The van der Waals surface area contributed by atoms with E-state index >= 15 is 0 Å². The fraction of sp³-hybridized carbons (Fsp3) is 0.529. The number of carbonyl (C=O) groups excluding carboxylic acids is 1. The SMILES string of the molecule is CCOC(=O)[C@H]1CC=C([C@H](O)[C@@H]2CC[C@H]2CN2CC3(CCCc4cc(Cl)ccc43)COc3ccc(C(=O)O)cc32)CC1. The molecule has 1 spiro atoms. The van der Waals surface area contributed by atoms with E-state index in [0.717, 1.165) is 48.4 Å². The van der Waals surface area contributed by atoms with Crippen LogP contribution in [0.5, 0.6) is 5.75 Å². The smallest absolute Gasteiger partial charge is 0.335 e. The Hall–Kier alpha value is -3.03. The fourth-order valence-corrected chi connectivity index (χ4v) is 7.83. The van der Waals surface area contributed by atoms with Crippen LogP contribution in [0.25, 0.3) is 0 Å². The zero-order valence-corrected chi connectivity index (χ0v) is 24.9. The van der Waals surface area contributed by atoms with Gasteiger partial charge < -0.3 is 24.6 Å². The van der Waals surface area contributed by atoms with Crippen LogP contribution in [0.3, 0.4) is 0 Å². The Bertz CT molecular complexity index is 1390. The van der Waals surface area contributed by atoms with E-state index in [0.29, 0.717) is 51.3 Å². The molecule has 1 fully saturated rings. The molecule has 2 N–H and O–H groups in total. The summed E-state index contributed by atoms with van der Waals surface area (Å²) in [5.74, 6) is -0.148. The van der Waals surface area contributed by atoms with Crippen LogP contribution in [-0.2, 0) is 21.4 Å². The standard InChI is InChI=1S/C34H40ClNO6/c1-2-41-33(40)22-7-5-21(6-8-22)31(37)27-12-9-25(27)18-36-19-34(15-3-4-23-16-26(35)11-13-28(23)34)20-42-30-14-10-24(32(38)39)17-29(30)36/h5,10-11,13-14,16-17,22,25,27,31,37H,2-4,6-9,12,15,18-20H2,1H3,(H,38,39)/t22-,25-,27+,31-,34?/m0/s1. The molecule has 2 aromatic carbocycles. The maximum Gasteiger partial charge on any atom is 0.335 e. The van der Waals surface area contributed by atoms with Crippen LogP contribution in [0.1, 0.15) is 73.4 Å². The molecule has 7 nitrogen and oxygen atoms in total. The number of hydrogen-bond acceptors (Lipinski definition) is 6. The number of allylic oxidation sites excluding steroid dienone is 1. The van der Waals surface area contributed by atoms with Gasteiger partial charge in [0.15, 0.2) is 0 Å². The number of esters is 1. The Morgan fingerprint density at radius 2 is 2.02 bits per heavy atom. The number of fused-ring (bicyclic) bond motifs is 3. The summed E-state index contributed by atoms with van der Waals surface area (Å²) in [5.41, 5.74) is 4.37. The number of aliphatic hydroxyl groups is 1. The third kappa shape index (κ3) is 5.53. The largest absolute Gasteiger partial charge is 0.490 e. The third-order valence-corrected chi connectivity index (χ3v) is 10.3. The molecular weight excluding hydrogens is 554 g/mol. The van der Waals surface area contributed by atoms with Crippen molar-refractivity contribution in [2.75, 3.05) is 31.2 Å². The summed E-state index contributed by atoms with van der Waals surface area (Å²) in [6.45, 7) is 4.15. The van der Waals surface area contributed by atoms with Crippen molar-refractivity contribution < 1.29 is 29.3 Å². The van der Waals surface area contributed by atoms with E-state index in [2.05, 4.69) is 23.1 Å². The summed E-state index contributed by atoms with van der Waals surface area (Å²) >= 11 is 6.38. The lowest BCUT2D eigenvalue weighted by Crippen LogP contribution is -2.50. The monoisotopic (exact) mass is 593 g/mol. The van der Waals surface area contributed by atoms with Crippen LogP contribution in [0.15, 0.2) is 48.0 Å². The van der Waals surface area contributed by atoms with Crippen molar-refractivity contribution in [1.82, 2.24) is 0 Å². The van der Waals surface area contributed by atoms with Crippen molar-refractivity contribution in [3.63, 3.8) is 0 Å². The van der Waals surface area contributed by atoms with Crippen molar-refractivity contribution in [2.24, 2.45) is 17.8 Å². The van der Waals surface area contributed by atoms with Gasteiger partial charge in [0.05, 0.1) is 36.5 Å². The molecule has 0 aromatic heterocycles. The maximum atomic E-state index is 12.2. The number of nitrogens with zero attached hydrogens (tertiary/aromatic N) is 1. The number of hydrogen-bond donors (Lipinski definition) is 2. The van der Waals surface area contributed by atoms with Crippen molar-refractivity contribution >= 4 is 29.2 Å². The first kappa shape index (κ1) is 29.1. The summed E-state index contributed by atoms with van der Waals surface area (Å²) < 4.78 is 11.7. The molecule has 0 bridgehead atoms. The molecule has 3 aliphatic carbocycles. The quantitative estimate of drug-likeness (QED) is 0.292. The van der Waals surface area contributed by atoms with E-state index in [1.807, 2.05) is 13.0 Å². The Morgan fingerprint density at radius 3 is 2.74 bits per heavy atom. The fourth-order valence-electron chi connectivity index (χ4n) is 7.64. The van der Waals surface area contributed by atoms with Gasteiger partial charge in [-0.25, -0.2) is 4.79 Å². The molecule has 0 amide bonds. The highest BCUT2D eigenvalue weighted by Gasteiger charge is 2.45. The molecule has 1 saturated carbocycles. The van der Waals surface area contributed by atoms with E-state index in [1.165, 1.54) is 11.1 Å². The number of carbonyl (C=O) groups is 2. The van der Waals surface area contributed by atoms with Gasteiger partial charge in [0.25, 0.3) is 0 Å². The Balaban J connectivity index is 1.26. The van der Waals surface area contributed by atoms with E-state index < -0.39 is 12.1 Å². The third-order valence-electron chi connectivity index (χ3n) is 10.1. The predicted molar refractivity (Wildman–Crippen MR) is 161 cm³/mol. The maximum absolute atomic E-state index is 12.2. The molecule has 1 heterocycles. The Morgan fingerprint density at radius 1 is 1.17 bits per heavy atom. The molecule has 224 valence electrons. The van der Waals surface area contributed by atoms with Gasteiger partial charge in [-0.3, -0.25) is 4.79 Å². The van der Waals surface area contributed by atoms with Gasteiger partial charge in [-0.05, 0) is 117 Å². The van der Waals surface area contributed by atoms with Crippen LogP contribution in [0.4, 0.5) is 5.69 Å². The van der Waals surface area contributed by atoms with Gasteiger partial charge in [-0.1, -0.05) is 23.7 Å². The van der Waals surface area contributed by atoms with Gasteiger partial charge in [0, 0.05) is 23.5 Å². The summed E-state index contributed by atoms with van der Waals surface area (Å²) in [6.07, 6.45) is 8.49. The van der Waals surface area contributed by atoms with E-state index in [-0.39, 0.29) is 34.7 Å². The molecule has 0 saturated heterocycles. The number of halogens is 1. The molecule has 1 aliphatic heterocycles. The van der Waals surface area contributed by atoms with Gasteiger partial charge >= 0.3 is 11.9 Å². The van der Waals surface area contributed by atoms with Crippen molar-refractivity contribution in [3.8, 4) is 5.75 Å². The molecule has 0 radical (unpaired) electrons. The summed E-state index contributed by atoms with van der Waals surface area (Å²) in [7, 11) is 0. The van der Waals surface area contributed by atoms with E-state index in [9.17, 15) is 19.8 Å². The number of aromatic carboxylic acids is 1. The minimum absolute atomic E-state index is 0.124. The Labute approximate surface area is 252 Å². The highest BCUT2D eigenvalue weighted by Crippen LogP contribution is 2.47. The number of carboxylic acids is 1. The van der Waals surface area contributed by atoms with Gasteiger partial charge in [0.1, 0.15) is 5.75 Å². The Kier molecular flexibility index (Phi) is 8.25. The van der Waals surface area contributed by atoms with Crippen molar-refractivity contribution in [2.45, 2.75) is 69.8 Å². The number of benzene rings is 2. The van der Waals surface area contributed by atoms with Crippen molar-refractivity contribution in [1.29, 1.82) is 0 Å². The summed E-state index contributed by atoms with van der Waals surface area (Å²) in [5, 5.41) is 22.0. The number of anilines is 1. The average Bonchev–Trinajstić information content (AvgIpc) is 3.12. The number of rotatable bonds is 7. The topological polar surface area (TPSA) is 96.3 Å². The highest BCUT2D eigenvalue weighted by molar-refractivity contribution is 6.30. The summed E-state index contributed by atoms with van der Waals surface area (Å²) in [4.78, 5) is 26.5. The number of aryl methyl sites for hydroxylation is 1. The van der Waals surface area contributed by atoms with Gasteiger partial charge in [0.2, 0.25) is 0 Å². The lowest BCUT2D eigenvalue weighted by molar-refractivity contribution is -0.148. The average molecular weight is 594 g/mol. The lowest BCUT2D eigenvalue weighted by Gasteiger charge is -2.46. The number of carboxylic acid groups (broad SMARTS) is 1. The zero-order valence-electron chi connectivity index (χ0n) is 24.2. The summed E-state index contributed by atoms with van der Waals surface area (Å²) in [6, 6.07) is 11.3. The number of aliphatic hydroxyl groups excluding tert-OH is 1. The molecule has 1 unspecified atom stereocenters. The van der Waals surface area contributed by atoms with E-state index in [1.54, 1.807) is 18.2 Å². The first-order valence-electron chi connectivity index (χ1n) is 15.4. The first-order valence-corrected chi connectivity index (χ1v) is 15.7. The normalized spacial score (nSPS) is 27.5. The second kappa shape index (κ2) is 11.9. The molecule has 6 rings (SSSR count). The highest BCUT2D eigenvalue weighted by atomic mass is 35.5. The molecular formula is C34H40ClNO6. The molecule has 42 heavy (non-hydrogen) atoms. The van der Waals surface area contributed by atoms with Crippen LogP contribution in [0, 0.1) is 17.8 Å². The minimum Gasteiger partial charge on any atom is -0.490 e. The molecule has 8 heteroatoms. The van der Waals surface area contributed by atoms with Crippen LogP contribution < -0.4 is 9.64 Å². The molecule has 2 aromatic rings. The van der Waals surface area contributed by atoms with Gasteiger partial charge in [-0.2, -0.15) is 0 Å². The lowest BCUT2D eigenvalue weighted by atomic mass is 9.67. The second-order valence-electron chi connectivity index (χ2n) is 12.5. The van der Waals surface area contributed by atoms with Crippen molar-refractivity contribution in [3.05, 3.63) is 69.8 Å². The zero-order chi connectivity index (χ0) is 29.4. The predicted octanol–water partition coefficient (Wildman–Crippen LogP) is 6.19.